The summed E-state index contributed by atoms with van der Waals surface area (Å²) >= 11 is 0. The highest BCUT2D eigenvalue weighted by molar-refractivity contribution is 7.70. The Hall–Kier alpha value is -4.45. The lowest BCUT2D eigenvalue weighted by atomic mass is 9.85. The minimum Gasteiger partial charge on any atom is -0.319 e. The summed E-state index contributed by atoms with van der Waals surface area (Å²) in [5.74, 6) is 0. The summed E-state index contributed by atoms with van der Waals surface area (Å²) in [5.41, 5.74) is 7.13. The topological polar surface area (TPSA) is 17.1 Å². The summed E-state index contributed by atoms with van der Waals surface area (Å²) in [5, 5.41) is 8.37. The van der Waals surface area contributed by atoms with Gasteiger partial charge < -0.3 is 4.57 Å². The van der Waals surface area contributed by atoms with E-state index in [4.69, 9.17) is 0 Å². The van der Waals surface area contributed by atoms with E-state index in [0.29, 0.717) is 0 Å². The predicted octanol–water partition coefficient (Wildman–Crippen LogP) is 10.4. The van der Waals surface area contributed by atoms with E-state index in [1.54, 1.807) is 0 Å². The maximum absolute atomic E-state index is 12.8. The fraction of sp³-hybridized carbons (Fsp3) is 0.0526. The second-order valence-electron chi connectivity index (χ2n) is 10.9. The summed E-state index contributed by atoms with van der Waals surface area (Å²) in [6.07, 6.45) is 0. The highest BCUT2D eigenvalue weighted by Crippen LogP contribution is 2.44. The van der Waals surface area contributed by atoms with Crippen molar-refractivity contribution in [3.63, 3.8) is 0 Å². The van der Waals surface area contributed by atoms with Gasteiger partial charge in [-0.1, -0.05) is 121 Å². The number of fused-ring (bicyclic) bond motifs is 3. The molecule has 7 aromatic rings. The average Bonchev–Trinajstić information content (AvgIpc) is 2.99. The van der Waals surface area contributed by atoms with Crippen molar-refractivity contribution < 1.29 is 4.57 Å². The van der Waals surface area contributed by atoms with Crippen molar-refractivity contribution in [3.8, 4) is 33.4 Å². The van der Waals surface area contributed by atoms with Crippen molar-refractivity contribution in [2.45, 2.75) is 0 Å². The zero-order valence-corrected chi connectivity index (χ0v) is 23.5. The van der Waals surface area contributed by atoms with Crippen molar-refractivity contribution in [2.75, 3.05) is 13.3 Å². The summed E-state index contributed by atoms with van der Waals surface area (Å²) < 4.78 is 12.8. The van der Waals surface area contributed by atoms with Gasteiger partial charge in [-0.2, -0.15) is 0 Å². The first-order valence-corrected chi connectivity index (χ1v) is 16.3. The molecular formula is C38H29OP. The lowest BCUT2D eigenvalue weighted by Gasteiger charge is -2.18. The summed E-state index contributed by atoms with van der Waals surface area (Å²) in [6, 6.07) is 49.9. The number of benzene rings is 7. The molecule has 0 unspecified atom stereocenters. The van der Waals surface area contributed by atoms with E-state index < -0.39 is 7.14 Å². The van der Waals surface area contributed by atoms with E-state index in [1.807, 2.05) is 25.5 Å². The summed E-state index contributed by atoms with van der Waals surface area (Å²) in [7, 11) is -2.35. The van der Waals surface area contributed by atoms with Gasteiger partial charge in [0.25, 0.3) is 0 Å². The van der Waals surface area contributed by atoms with Crippen molar-refractivity contribution in [3.05, 3.63) is 140 Å². The summed E-state index contributed by atoms with van der Waals surface area (Å²) in [4.78, 5) is 0. The van der Waals surface area contributed by atoms with E-state index in [2.05, 4.69) is 127 Å². The third-order valence-corrected chi connectivity index (χ3v) is 9.44. The molecule has 0 N–H and O–H groups in total. The van der Waals surface area contributed by atoms with Gasteiger partial charge in [0.15, 0.2) is 0 Å². The van der Waals surface area contributed by atoms with Crippen LogP contribution in [0.3, 0.4) is 0 Å². The SMILES string of the molecule is CP(C)(=O)c1cccc(-c2cccc(-c3c4ccccc4c(-c4ccc5ccccc5c4)c4ccccc34)c2)c1. The molecule has 1 nitrogen and oxygen atoms in total. The molecule has 40 heavy (non-hydrogen) atoms. The van der Waals surface area contributed by atoms with E-state index in [0.717, 1.165) is 16.4 Å². The Labute approximate surface area is 235 Å². The number of hydrogen-bond acceptors (Lipinski definition) is 1. The third-order valence-electron chi connectivity index (χ3n) is 7.92. The molecule has 0 aromatic heterocycles. The second-order valence-corrected chi connectivity index (χ2v) is 14.1. The van der Waals surface area contributed by atoms with E-state index in [1.165, 1.54) is 54.6 Å². The van der Waals surface area contributed by atoms with Gasteiger partial charge in [-0.05, 0) is 97.2 Å². The smallest absolute Gasteiger partial charge is 0.109 e. The second kappa shape index (κ2) is 9.63. The van der Waals surface area contributed by atoms with E-state index in [-0.39, 0.29) is 0 Å². The minimum absolute atomic E-state index is 0.908. The lowest BCUT2D eigenvalue weighted by molar-refractivity contribution is 0.588. The highest BCUT2D eigenvalue weighted by Gasteiger charge is 2.17. The van der Waals surface area contributed by atoms with Gasteiger partial charge in [0.05, 0.1) is 0 Å². The molecule has 0 atom stereocenters. The molecular weight excluding hydrogens is 503 g/mol. The van der Waals surface area contributed by atoms with Crippen molar-refractivity contribution in [2.24, 2.45) is 0 Å². The van der Waals surface area contributed by atoms with Crippen LogP contribution in [0.15, 0.2) is 140 Å². The standard InChI is InChI=1S/C38H29OP/c1-40(2,39)32-16-10-14-29(25-32)28-13-9-15-30(24-28)37-33-17-5-7-19-35(33)38(36-20-8-6-18-34(36)37)31-22-21-26-11-3-4-12-27(26)23-31/h3-25H,1-2H3. The van der Waals surface area contributed by atoms with E-state index >= 15 is 0 Å². The van der Waals surface area contributed by atoms with Gasteiger partial charge in [-0.15, -0.1) is 0 Å². The Morgan fingerprint density at radius 3 is 1.48 bits per heavy atom. The number of rotatable bonds is 4. The molecule has 7 aromatic carbocycles. The zero-order valence-electron chi connectivity index (χ0n) is 22.6. The van der Waals surface area contributed by atoms with Gasteiger partial charge in [-0.3, -0.25) is 0 Å². The molecule has 0 fully saturated rings. The molecule has 0 aliphatic carbocycles. The molecule has 0 amide bonds. The van der Waals surface area contributed by atoms with Crippen LogP contribution >= 0.6 is 7.14 Å². The molecule has 0 saturated heterocycles. The van der Waals surface area contributed by atoms with Gasteiger partial charge in [0.2, 0.25) is 0 Å². The predicted molar refractivity (Wildman–Crippen MR) is 174 cm³/mol. The zero-order chi connectivity index (χ0) is 27.3. The largest absolute Gasteiger partial charge is 0.319 e. The highest BCUT2D eigenvalue weighted by atomic mass is 31.2. The van der Waals surface area contributed by atoms with Gasteiger partial charge in [0, 0.05) is 5.30 Å². The first-order chi connectivity index (χ1) is 19.5. The molecule has 7 rings (SSSR count). The average molecular weight is 533 g/mol. The van der Waals surface area contributed by atoms with Crippen LogP contribution in [-0.4, -0.2) is 13.3 Å². The Kier molecular flexibility index (Phi) is 5.92. The fourth-order valence-electron chi connectivity index (χ4n) is 5.97. The molecule has 0 saturated carbocycles. The molecule has 0 spiro atoms. The Morgan fingerprint density at radius 1 is 0.400 bits per heavy atom. The third kappa shape index (κ3) is 4.24. The monoisotopic (exact) mass is 532 g/mol. The van der Waals surface area contributed by atoms with Crippen LogP contribution in [-0.2, 0) is 4.57 Å². The maximum Gasteiger partial charge on any atom is 0.109 e. The summed E-state index contributed by atoms with van der Waals surface area (Å²) in [6.45, 7) is 3.66. The molecule has 2 heteroatoms. The normalized spacial score (nSPS) is 11.8. The Bertz CT molecular complexity index is 2060. The first-order valence-electron chi connectivity index (χ1n) is 13.7. The van der Waals surface area contributed by atoms with Crippen molar-refractivity contribution >= 4 is 44.8 Å². The minimum atomic E-state index is -2.35. The van der Waals surface area contributed by atoms with Crippen LogP contribution in [0, 0.1) is 0 Å². The molecule has 0 bridgehead atoms. The lowest BCUT2D eigenvalue weighted by Crippen LogP contribution is -2.02. The first kappa shape index (κ1) is 24.6. The van der Waals surface area contributed by atoms with Crippen LogP contribution < -0.4 is 5.30 Å². The van der Waals surface area contributed by atoms with Crippen LogP contribution in [0.25, 0.3) is 65.7 Å². The van der Waals surface area contributed by atoms with Crippen molar-refractivity contribution in [1.82, 2.24) is 0 Å². The maximum atomic E-state index is 12.8. The fourth-order valence-corrected chi connectivity index (χ4v) is 6.87. The van der Waals surface area contributed by atoms with Gasteiger partial charge in [0.1, 0.15) is 7.14 Å². The molecule has 0 radical (unpaired) electrons. The molecule has 0 aliphatic rings. The van der Waals surface area contributed by atoms with Crippen LogP contribution in [0.5, 0.6) is 0 Å². The quantitative estimate of drug-likeness (QED) is 0.163. The van der Waals surface area contributed by atoms with Crippen LogP contribution in [0.4, 0.5) is 0 Å². The van der Waals surface area contributed by atoms with Crippen LogP contribution in [0.2, 0.25) is 0 Å². The van der Waals surface area contributed by atoms with E-state index in [9.17, 15) is 4.57 Å². The molecule has 0 aliphatic heterocycles. The van der Waals surface area contributed by atoms with Crippen LogP contribution in [0.1, 0.15) is 0 Å². The Morgan fingerprint density at radius 2 is 0.875 bits per heavy atom. The molecule has 0 heterocycles. The van der Waals surface area contributed by atoms with Gasteiger partial charge >= 0.3 is 0 Å². The number of hydrogen-bond donors (Lipinski definition) is 0. The molecule has 192 valence electrons. The van der Waals surface area contributed by atoms with Crippen molar-refractivity contribution in [1.29, 1.82) is 0 Å². The van der Waals surface area contributed by atoms with Gasteiger partial charge in [-0.25, -0.2) is 0 Å². The Balaban J connectivity index is 1.50.